The summed E-state index contributed by atoms with van der Waals surface area (Å²) < 4.78 is 12.6. The zero-order valence-electron chi connectivity index (χ0n) is 23.7. The highest BCUT2D eigenvalue weighted by atomic mass is 16.5. The van der Waals surface area contributed by atoms with Gasteiger partial charge in [0.25, 0.3) is 0 Å². The number of benzene rings is 4. The minimum atomic E-state index is -0.210. The van der Waals surface area contributed by atoms with Crippen LogP contribution in [0.15, 0.2) is 60.7 Å². The number of hydrogen-bond acceptors (Lipinski definition) is 2. The molecule has 40 heavy (non-hydrogen) atoms. The first-order valence-electron chi connectivity index (χ1n) is 14.7. The van der Waals surface area contributed by atoms with Gasteiger partial charge in [0.05, 0.1) is 0 Å². The first-order valence-corrected chi connectivity index (χ1v) is 14.7. The van der Waals surface area contributed by atoms with Crippen molar-refractivity contribution in [2.75, 3.05) is 0 Å². The van der Waals surface area contributed by atoms with E-state index in [1.807, 2.05) is 0 Å². The Morgan fingerprint density at radius 3 is 1.35 bits per heavy atom. The van der Waals surface area contributed by atoms with E-state index in [0.29, 0.717) is 0 Å². The molecule has 0 saturated carbocycles. The van der Waals surface area contributed by atoms with E-state index in [1.54, 1.807) is 11.1 Å². The third-order valence-electron chi connectivity index (χ3n) is 8.85. The van der Waals surface area contributed by atoms with Crippen LogP contribution >= 0.6 is 0 Å². The van der Waals surface area contributed by atoms with Gasteiger partial charge in [0.15, 0.2) is 0 Å². The standard InChI is InChI=1S/C19H20O.C18H18O.CH4/c1-19(2)12-11-17-15-9-4-3-7-13(15)14-8-5-6-10-16(14)18(17)20-19;1-18(2)11-10-16-14-9-5-8-12(14)13-6-3-4-7-15(13)17(16)19-18;/h5-6,8,10-12H,3-4,7,9H2,1-2H3;3-4,6-7,10-11H,5,8-9H2,1-2H3;1H4. The number of fused-ring (bicyclic) bond motifs is 12. The Labute approximate surface area is 239 Å². The second kappa shape index (κ2) is 9.84. The molecule has 0 aromatic heterocycles. The fourth-order valence-electron chi connectivity index (χ4n) is 7.03. The SMILES string of the molecule is C.CC1(C)C=Cc2c3c(c4ccccc4c2O1)CCC3.CC1(C)C=Cc2c3c(c4ccccc4c2O1)CCCC3. The first-order chi connectivity index (χ1) is 18.8. The van der Waals surface area contributed by atoms with Gasteiger partial charge in [-0.3, -0.25) is 0 Å². The zero-order chi connectivity index (χ0) is 26.8. The van der Waals surface area contributed by atoms with E-state index in [1.165, 1.54) is 88.7 Å². The Kier molecular flexibility index (Phi) is 6.56. The van der Waals surface area contributed by atoms with E-state index in [0.717, 1.165) is 11.5 Å². The molecule has 2 aliphatic carbocycles. The van der Waals surface area contributed by atoms with E-state index >= 15 is 0 Å². The second-order valence-electron chi connectivity index (χ2n) is 12.6. The quantitative estimate of drug-likeness (QED) is 0.225. The topological polar surface area (TPSA) is 18.5 Å². The van der Waals surface area contributed by atoms with Crippen molar-refractivity contribution in [3.63, 3.8) is 0 Å². The highest BCUT2D eigenvalue weighted by molar-refractivity contribution is 5.98. The van der Waals surface area contributed by atoms with Gasteiger partial charge in [-0.05, 0) is 118 Å². The molecule has 2 heterocycles. The van der Waals surface area contributed by atoms with Crippen LogP contribution in [0.4, 0.5) is 0 Å². The summed E-state index contributed by atoms with van der Waals surface area (Å²) in [5, 5.41) is 5.34. The summed E-state index contributed by atoms with van der Waals surface area (Å²) in [6, 6.07) is 17.4. The average molecular weight is 531 g/mol. The fourth-order valence-corrected chi connectivity index (χ4v) is 7.03. The van der Waals surface area contributed by atoms with Gasteiger partial charge in [-0.25, -0.2) is 0 Å². The van der Waals surface area contributed by atoms with Crippen LogP contribution in [0.3, 0.4) is 0 Å². The molecule has 4 aromatic carbocycles. The Bertz CT molecular complexity index is 1680. The third kappa shape index (κ3) is 4.42. The molecule has 0 N–H and O–H groups in total. The van der Waals surface area contributed by atoms with Gasteiger partial charge in [-0.15, -0.1) is 0 Å². The van der Waals surface area contributed by atoms with Crippen LogP contribution in [0.2, 0.25) is 0 Å². The molecule has 4 aliphatic rings. The number of hydrogen-bond donors (Lipinski definition) is 0. The lowest BCUT2D eigenvalue weighted by atomic mass is 9.82. The molecule has 0 spiro atoms. The summed E-state index contributed by atoms with van der Waals surface area (Å²) in [5.41, 5.74) is 8.38. The summed E-state index contributed by atoms with van der Waals surface area (Å²) >= 11 is 0. The van der Waals surface area contributed by atoms with E-state index in [2.05, 4.69) is 101 Å². The molecule has 206 valence electrons. The maximum atomic E-state index is 6.31. The Balaban J connectivity index is 0.000000141. The normalized spacial score (nSPS) is 18.7. The third-order valence-corrected chi connectivity index (χ3v) is 8.85. The predicted molar refractivity (Wildman–Crippen MR) is 171 cm³/mol. The van der Waals surface area contributed by atoms with Crippen LogP contribution in [0.5, 0.6) is 11.5 Å². The van der Waals surface area contributed by atoms with Gasteiger partial charge >= 0.3 is 0 Å². The van der Waals surface area contributed by atoms with Crippen LogP contribution in [-0.2, 0) is 25.7 Å². The molecule has 0 radical (unpaired) electrons. The summed E-state index contributed by atoms with van der Waals surface area (Å²) in [7, 11) is 0. The molecule has 0 atom stereocenters. The van der Waals surface area contributed by atoms with Crippen molar-refractivity contribution < 1.29 is 9.47 Å². The number of ether oxygens (including phenoxy) is 2. The molecule has 0 saturated heterocycles. The van der Waals surface area contributed by atoms with Crippen molar-refractivity contribution in [2.24, 2.45) is 0 Å². The molecular weight excluding hydrogens is 488 g/mol. The van der Waals surface area contributed by atoms with Gasteiger partial charge in [-0.1, -0.05) is 68.1 Å². The van der Waals surface area contributed by atoms with Crippen molar-refractivity contribution in [1.82, 2.24) is 0 Å². The molecule has 0 bridgehead atoms. The van der Waals surface area contributed by atoms with Gasteiger partial charge in [-0.2, -0.15) is 0 Å². The summed E-state index contributed by atoms with van der Waals surface area (Å²) in [4.78, 5) is 0. The Hall–Kier alpha value is -3.52. The van der Waals surface area contributed by atoms with Crippen molar-refractivity contribution in [1.29, 1.82) is 0 Å². The van der Waals surface area contributed by atoms with E-state index in [4.69, 9.17) is 9.47 Å². The zero-order valence-corrected chi connectivity index (χ0v) is 23.7. The molecule has 4 aromatic rings. The van der Waals surface area contributed by atoms with Crippen LogP contribution in [0, 0.1) is 0 Å². The Morgan fingerprint density at radius 1 is 0.500 bits per heavy atom. The molecule has 0 amide bonds. The average Bonchev–Trinajstić information content (AvgIpc) is 3.43. The summed E-state index contributed by atoms with van der Waals surface area (Å²) in [5.74, 6) is 2.18. The lowest BCUT2D eigenvalue weighted by molar-refractivity contribution is 0.161. The summed E-state index contributed by atoms with van der Waals surface area (Å²) in [6.45, 7) is 8.49. The first kappa shape index (κ1) is 26.7. The molecule has 2 aliphatic heterocycles. The minimum Gasteiger partial charge on any atom is -0.482 e. The number of rotatable bonds is 0. The second-order valence-corrected chi connectivity index (χ2v) is 12.6. The summed E-state index contributed by atoms with van der Waals surface area (Å²) in [6.07, 6.45) is 17.6. The van der Waals surface area contributed by atoms with E-state index < -0.39 is 0 Å². The van der Waals surface area contributed by atoms with Gasteiger partial charge in [0, 0.05) is 21.9 Å². The lowest BCUT2D eigenvalue weighted by Crippen LogP contribution is -2.28. The van der Waals surface area contributed by atoms with E-state index in [9.17, 15) is 0 Å². The maximum absolute atomic E-state index is 6.31. The molecule has 2 heteroatoms. The maximum Gasteiger partial charge on any atom is 0.135 e. The van der Waals surface area contributed by atoms with Crippen LogP contribution in [-0.4, -0.2) is 11.2 Å². The van der Waals surface area contributed by atoms with Gasteiger partial charge in [0.1, 0.15) is 22.7 Å². The van der Waals surface area contributed by atoms with Crippen molar-refractivity contribution in [2.45, 2.75) is 91.3 Å². The van der Waals surface area contributed by atoms with Gasteiger partial charge in [0.2, 0.25) is 0 Å². The molecular formula is C38H42O2. The van der Waals surface area contributed by atoms with Crippen molar-refractivity contribution in [3.05, 3.63) is 94.1 Å². The van der Waals surface area contributed by atoms with Crippen LogP contribution in [0.25, 0.3) is 33.7 Å². The Morgan fingerprint density at radius 2 is 0.875 bits per heavy atom. The highest BCUT2D eigenvalue weighted by Crippen LogP contribution is 2.45. The van der Waals surface area contributed by atoms with Gasteiger partial charge < -0.3 is 9.47 Å². The largest absolute Gasteiger partial charge is 0.482 e. The molecule has 2 nitrogen and oxygen atoms in total. The smallest absolute Gasteiger partial charge is 0.135 e. The van der Waals surface area contributed by atoms with Crippen molar-refractivity contribution >= 4 is 33.7 Å². The lowest BCUT2D eigenvalue weighted by Gasteiger charge is -2.32. The van der Waals surface area contributed by atoms with Crippen LogP contribution < -0.4 is 9.47 Å². The van der Waals surface area contributed by atoms with E-state index in [-0.39, 0.29) is 18.6 Å². The minimum absolute atomic E-state index is 0. The predicted octanol–water partition coefficient (Wildman–Crippen LogP) is 10.1. The molecule has 0 unspecified atom stereocenters. The number of aryl methyl sites for hydroxylation is 2. The molecule has 8 rings (SSSR count). The highest BCUT2D eigenvalue weighted by Gasteiger charge is 2.30. The van der Waals surface area contributed by atoms with Crippen LogP contribution in [0.1, 0.15) is 87.8 Å². The van der Waals surface area contributed by atoms with Crippen molar-refractivity contribution in [3.8, 4) is 11.5 Å². The fraction of sp³-hybridized carbons (Fsp3) is 0.368. The molecule has 0 fully saturated rings. The monoisotopic (exact) mass is 530 g/mol.